The molecule has 0 aliphatic heterocycles. The van der Waals surface area contributed by atoms with Gasteiger partial charge < -0.3 is 18.9 Å². The molecule has 1 atom stereocenters. The lowest BCUT2D eigenvalue weighted by atomic mass is 10.1. The number of para-hydroxylation sites is 1. The maximum atomic E-state index is 13.2. The van der Waals surface area contributed by atoms with Crippen LogP contribution in [-0.4, -0.2) is 37.3 Å². The van der Waals surface area contributed by atoms with Gasteiger partial charge in [-0.05, 0) is 67.9 Å². The van der Waals surface area contributed by atoms with Gasteiger partial charge in [0.2, 0.25) is 0 Å². The highest BCUT2D eigenvalue weighted by Gasteiger charge is 2.26. The normalized spacial score (nSPS) is 11.9. The number of hydrogen-bond acceptors (Lipinski definition) is 8. The number of esters is 1. The quantitative estimate of drug-likeness (QED) is 0.234. The second kappa shape index (κ2) is 11.3. The number of furan rings is 2. The van der Waals surface area contributed by atoms with Crippen molar-refractivity contribution in [3.63, 3.8) is 0 Å². The molecule has 216 valence electrons. The minimum absolute atomic E-state index is 0.115. The van der Waals surface area contributed by atoms with E-state index >= 15 is 0 Å². The molecular formula is C32H27N5O6. The lowest BCUT2D eigenvalue weighted by molar-refractivity contribution is -0.124. The van der Waals surface area contributed by atoms with E-state index in [9.17, 15) is 14.4 Å². The smallest absolute Gasteiger partial charge is 0.338 e. The fraction of sp³-hybridized carbons (Fsp3) is 0.156. The van der Waals surface area contributed by atoms with E-state index < -0.39 is 23.5 Å². The molecule has 1 N–H and O–H groups in total. The molecule has 1 unspecified atom stereocenters. The van der Waals surface area contributed by atoms with Crippen LogP contribution in [0.3, 0.4) is 0 Å². The standard InChI is InChI=1S/C32H27N5O6/c1-4-24(30(38)35-27-19(2)36(3)37(31(27)39)21-10-6-5-7-11-21)43-32(40)20-14-15-22-23(18-20)34-29(26-13-9-17-42-26)28(33-22)25-12-8-16-41-25/h5-18,24H,4H2,1-3H3,(H,35,38). The number of benzene rings is 2. The number of rotatable bonds is 8. The number of aromatic nitrogens is 4. The summed E-state index contributed by atoms with van der Waals surface area (Å²) in [5.41, 5.74) is 3.01. The van der Waals surface area contributed by atoms with Gasteiger partial charge in [0, 0.05) is 7.05 Å². The maximum Gasteiger partial charge on any atom is 0.338 e. The summed E-state index contributed by atoms with van der Waals surface area (Å²) in [5, 5.41) is 2.68. The molecule has 0 bridgehead atoms. The predicted octanol–water partition coefficient (Wildman–Crippen LogP) is 5.52. The minimum atomic E-state index is -1.14. The number of carbonyl (C=O) groups is 2. The Kier molecular flexibility index (Phi) is 7.21. The summed E-state index contributed by atoms with van der Waals surface area (Å²) in [7, 11) is 1.73. The van der Waals surface area contributed by atoms with E-state index in [1.54, 1.807) is 86.4 Å². The summed E-state index contributed by atoms with van der Waals surface area (Å²) in [6, 6.07) is 20.9. The highest BCUT2D eigenvalue weighted by atomic mass is 16.5. The molecule has 0 radical (unpaired) electrons. The van der Waals surface area contributed by atoms with Crippen LogP contribution in [0, 0.1) is 6.92 Å². The average molecular weight is 578 g/mol. The molecule has 0 saturated carbocycles. The van der Waals surface area contributed by atoms with Gasteiger partial charge >= 0.3 is 5.97 Å². The van der Waals surface area contributed by atoms with Crippen molar-refractivity contribution in [1.82, 2.24) is 19.3 Å². The second-order valence-corrected chi connectivity index (χ2v) is 9.81. The van der Waals surface area contributed by atoms with Gasteiger partial charge in [0.25, 0.3) is 11.5 Å². The SMILES string of the molecule is CCC(OC(=O)c1ccc2nc(-c3ccco3)c(-c3ccco3)nc2c1)C(=O)Nc1c(C)n(C)n(-c2ccccc2)c1=O. The van der Waals surface area contributed by atoms with E-state index in [0.29, 0.717) is 45.3 Å². The Morgan fingerprint density at radius 2 is 1.56 bits per heavy atom. The third-order valence-corrected chi connectivity index (χ3v) is 7.12. The van der Waals surface area contributed by atoms with Crippen LogP contribution in [0.25, 0.3) is 39.6 Å². The Balaban J connectivity index is 1.25. The van der Waals surface area contributed by atoms with E-state index in [2.05, 4.69) is 5.32 Å². The number of hydrogen-bond donors (Lipinski definition) is 1. The third kappa shape index (κ3) is 5.12. The molecule has 4 aromatic heterocycles. The molecule has 6 rings (SSSR count). The van der Waals surface area contributed by atoms with Crippen LogP contribution in [0.2, 0.25) is 0 Å². The lowest BCUT2D eigenvalue weighted by Gasteiger charge is -2.16. The molecule has 2 aromatic carbocycles. The van der Waals surface area contributed by atoms with Gasteiger partial charge in [0.15, 0.2) is 17.6 Å². The molecular weight excluding hydrogens is 550 g/mol. The summed E-state index contributed by atoms with van der Waals surface area (Å²) in [6.45, 7) is 3.45. The highest BCUT2D eigenvalue weighted by Crippen LogP contribution is 2.32. The fourth-order valence-electron chi connectivity index (χ4n) is 4.79. The van der Waals surface area contributed by atoms with Crippen LogP contribution in [-0.2, 0) is 16.6 Å². The zero-order valence-electron chi connectivity index (χ0n) is 23.6. The summed E-state index contributed by atoms with van der Waals surface area (Å²) in [5.74, 6) is -0.318. The topological polar surface area (TPSA) is 134 Å². The van der Waals surface area contributed by atoms with Gasteiger partial charge in [0.05, 0.1) is 40.5 Å². The number of nitrogens with zero attached hydrogens (tertiary/aromatic N) is 4. The maximum absolute atomic E-state index is 13.2. The zero-order valence-corrected chi connectivity index (χ0v) is 23.6. The van der Waals surface area contributed by atoms with Crippen LogP contribution in [0.4, 0.5) is 5.69 Å². The van der Waals surface area contributed by atoms with Crippen molar-refractivity contribution in [2.75, 3.05) is 5.32 Å². The van der Waals surface area contributed by atoms with Gasteiger partial charge in [-0.25, -0.2) is 19.4 Å². The largest absolute Gasteiger partial charge is 0.463 e. The molecule has 0 fully saturated rings. The second-order valence-electron chi connectivity index (χ2n) is 9.81. The van der Waals surface area contributed by atoms with E-state index in [4.69, 9.17) is 23.5 Å². The van der Waals surface area contributed by atoms with Crippen molar-refractivity contribution >= 4 is 28.6 Å². The van der Waals surface area contributed by atoms with Crippen LogP contribution in [0.5, 0.6) is 0 Å². The number of carbonyl (C=O) groups excluding carboxylic acids is 2. The molecule has 0 saturated heterocycles. The third-order valence-electron chi connectivity index (χ3n) is 7.12. The van der Waals surface area contributed by atoms with E-state index in [0.717, 1.165) is 0 Å². The molecule has 4 heterocycles. The molecule has 43 heavy (non-hydrogen) atoms. The first kappa shape index (κ1) is 27.5. The average Bonchev–Trinajstić information content (AvgIpc) is 3.80. The van der Waals surface area contributed by atoms with Gasteiger partial charge in [-0.3, -0.25) is 14.3 Å². The minimum Gasteiger partial charge on any atom is -0.463 e. The van der Waals surface area contributed by atoms with Crippen molar-refractivity contribution < 1.29 is 23.2 Å². The Labute approximate surface area is 245 Å². The van der Waals surface area contributed by atoms with E-state index in [1.165, 1.54) is 10.9 Å². The fourth-order valence-corrected chi connectivity index (χ4v) is 4.79. The van der Waals surface area contributed by atoms with Crippen LogP contribution >= 0.6 is 0 Å². The van der Waals surface area contributed by atoms with Crippen molar-refractivity contribution in [3.05, 3.63) is 107 Å². The van der Waals surface area contributed by atoms with Gasteiger partial charge in [-0.15, -0.1) is 0 Å². The monoisotopic (exact) mass is 577 g/mol. The molecule has 1 amide bonds. The molecule has 11 heteroatoms. The summed E-state index contributed by atoms with van der Waals surface area (Å²) in [6.07, 6.45) is 2.13. The Morgan fingerprint density at radius 3 is 2.16 bits per heavy atom. The van der Waals surface area contributed by atoms with Gasteiger partial charge in [-0.1, -0.05) is 25.1 Å². The first-order chi connectivity index (χ1) is 20.9. The van der Waals surface area contributed by atoms with Crippen molar-refractivity contribution in [1.29, 1.82) is 0 Å². The van der Waals surface area contributed by atoms with Crippen LogP contribution in [0.15, 0.2) is 99.0 Å². The number of nitrogens with one attached hydrogen (secondary N) is 1. The number of ether oxygens (including phenoxy) is 1. The summed E-state index contributed by atoms with van der Waals surface area (Å²) >= 11 is 0. The van der Waals surface area contributed by atoms with E-state index in [1.807, 2.05) is 18.2 Å². The van der Waals surface area contributed by atoms with Crippen LogP contribution < -0.4 is 10.9 Å². The van der Waals surface area contributed by atoms with Gasteiger partial charge in [0.1, 0.15) is 17.1 Å². The lowest BCUT2D eigenvalue weighted by Crippen LogP contribution is -2.33. The van der Waals surface area contributed by atoms with Crippen LogP contribution in [0.1, 0.15) is 29.4 Å². The van der Waals surface area contributed by atoms with Crippen molar-refractivity contribution in [2.45, 2.75) is 26.4 Å². The Bertz CT molecular complexity index is 1990. The number of fused-ring (bicyclic) bond motifs is 1. The zero-order chi connectivity index (χ0) is 30.1. The molecule has 11 nitrogen and oxygen atoms in total. The van der Waals surface area contributed by atoms with Crippen molar-refractivity contribution in [2.24, 2.45) is 7.05 Å². The van der Waals surface area contributed by atoms with E-state index in [-0.39, 0.29) is 17.7 Å². The molecule has 6 aromatic rings. The number of anilines is 1. The summed E-state index contributed by atoms with van der Waals surface area (Å²) in [4.78, 5) is 49.1. The molecule has 0 aliphatic rings. The predicted molar refractivity (Wildman–Crippen MR) is 159 cm³/mol. The summed E-state index contributed by atoms with van der Waals surface area (Å²) < 4.78 is 19.9. The number of amides is 1. The first-order valence-corrected chi connectivity index (χ1v) is 13.6. The molecule has 0 spiro atoms. The van der Waals surface area contributed by atoms with Gasteiger partial charge in [-0.2, -0.15) is 0 Å². The van der Waals surface area contributed by atoms with Crippen molar-refractivity contribution in [3.8, 4) is 28.6 Å². The first-order valence-electron chi connectivity index (χ1n) is 13.6. The highest BCUT2D eigenvalue weighted by molar-refractivity contribution is 5.99. The molecule has 0 aliphatic carbocycles. The Morgan fingerprint density at radius 1 is 0.907 bits per heavy atom. The Hall–Kier alpha value is -5.71.